The van der Waals surface area contributed by atoms with Gasteiger partial charge in [0.15, 0.2) is 5.96 Å². The van der Waals surface area contributed by atoms with Crippen LogP contribution in [0.4, 0.5) is 0 Å². The lowest BCUT2D eigenvalue weighted by molar-refractivity contribution is -0.0390. The SMILES string of the molecule is CN=C(NCCc1csc(C)n1)NCc1cccc(COC2CCOCC2)c1.I. The summed E-state index contributed by atoms with van der Waals surface area (Å²) < 4.78 is 11.4. The topological polar surface area (TPSA) is 67.8 Å². The Bertz CT molecular complexity index is 763. The summed E-state index contributed by atoms with van der Waals surface area (Å²) in [5.74, 6) is 0.802. The van der Waals surface area contributed by atoms with Gasteiger partial charge in [-0.25, -0.2) is 4.98 Å². The van der Waals surface area contributed by atoms with Crippen LogP contribution in [0.2, 0.25) is 0 Å². The molecule has 0 atom stereocenters. The molecule has 160 valence electrons. The van der Waals surface area contributed by atoms with E-state index in [0.29, 0.717) is 12.7 Å². The summed E-state index contributed by atoms with van der Waals surface area (Å²) >= 11 is 1.69. The van der Waals surface area contributed by atoms with Gasteiger partial charge in [0.2, 0.25) is 0 Å². The Morgan fingerprint density at radius 1 is 1.28 bits per heavy atom. The Kier molecular flexibility index (Phi) is 10.9. The van der Waals surface area contributed by atoms with Crippen LogP contribution in [0.1, 0.15) is 34.7 Å². The third-order valence-electron chi connectivity index (χ3n) is 4.67. The van der Waals surface area contributed by atoms with Crippen LogP contribution in [0.25, 0.3) is 0 Å². The number of aliphatic imine (C=N–C) groups is 1. The highest BCUT2D eigenvalue weighted by Crippen LogP contribution is 2.14. The second-order valence-electron chi connectivity index (χ2n) is 6.90. The number of nitrogens with zero attached hydrogens (tertiary/aromatic N) is 2. The largest absolute Gasteiger partial charge is 0.381 e. The second-order valence-corrected chi connectivity index (χ2v) is 7.97. The Balaban J connectivity index is 0.00000300. The molecule has 1 aromatic heterocycles. The highest BCUT2D eigenvalue weighted by Gasteiger charge is 2.14. The number of hydrogen-bond donors (Lipinski definition) is 2. The van der Waals surface area contributed by atoms with E-state index in [1.807, 2.05) is 6.92 Å². The standard InChI is InChI=1S/C21H30N4O2S.HI/c1-16-25-19(15-28-16)6-9-23-21(22-2)24-13-17-4-3-5-18(12-17)14-27-20-7-10-26-11-8-20;/h3-5,12,15,20H,6-11,13-14H2,1-2H3,(H2,22,23,24);1H. The predicted octanol–water partition coefficient (Wildman–Crippen LogP) is 3.67. The molecule has 0 radical (unpaired) electrons. The third kappa shape index (κ3) is 8.57. The molecule has 2 N–H and O–H groups in total. The average molecular weight is 530 g/mol. The first-order valence-corrected chi connectivity index (χ1v) is 10.7. The van der Waals surface area contributed by atoms with Crippen LogP contribution < -0.4 is 10.6 Å². The fraction of sp³-hybridized carbons (Fsp3) is 0.524. The number of ether oxygens (including phenoxy) is 2. The summed E-state index contributed by atoms with van der Waals surface area (Å²) in [6.45, 7) is 5.83. The average Bonchev–Trinajstić information content (AvgIpc) is 3.15. The molecule has 29 heavy (non-hydrogen) atoms. The van der Waals surface area contributed by atoms with E-state index < -0.39 is 0 Å². The summed E-state index contributed by atoms with van der Waals surface area (Å²) in [5, 5.41) is 9.94. The van der Waals surface area contributed by atoms with Gasteiger partial charge >= 0.3 is 0 Å². The Morgan fingerprint density at radius 2 is 2.07 bits per heavy atom. The Morgan fingerprint density at radius 3 is 2.79 bits per heavy atom. The summed E-state index contributed by atoms with van der Waals surface area (Å²) in [4.78, 5) is 8.79. The molecule has 0 unspecified atom stereocenters. The lowest BCUT2D eigenvalue weighted by Crippen LogP contribution is -2.37. The number of benzene rings is 1. The van der Waals surface area contributed by atoms with Crippen molar-refractivity contribution in [2.24, 2.45) is 4.99 Å². The highest BCUT2D eigenvalue weighted by atomic mass is 127. The van der Waals surface area contributed by atoms with Gasteiger partial charge in [-0.2, -0.15) is 0 Å². The zero-order valence-electron chi connectivity index (χ0n) is 17.1. The fourth-order valence-electron chi connectivity index (χ4n) is 3.12. The molecular weight excluding hydrogens is 499 g/mol. The minimum atomic E-state index is 0. The van der Waals surface area contributed by atoms with Crippen molar-refractivity contribution in [3.8, 4) is 0 Å². The van der Waals surface area contributed by atoms with Gasteiger partial charge in [-0.3, -0.25) is 4.99 Å². The number of nitrogens with one attached hydrogen (secondary N) is 2. The number of guanidine groups is 1. The predicted molar refractivity (Wildman–Crippen MR) is 129 cm³/mol. The molecule has 1 saturated heterocycles. The van der Waals surface area contributed by atoms with Gasteiger partial charge in [-0.1, -0.05) is 24.3 Å². The van der Waals surface area contributed by atoms with E-state index in [1.54, 1.807) is 18.4 Å². The number of hydrogen-bond acceptors (Lipinski definition) is 5. The molecule has 2 aromatic rings. The van der Waals surface area contributed by atoms with Crippen molar-refractivity contribution in [3.05, 3.63) is 51.5 Å². The number of aryl methyl sites for hydroxylation is 1. The molecule has 0 bridgehead atoms. The zero-order valence-corrected chi connectivity index (χ0v) is 20.3. The Hall–Kier alpha value is -1.23. The number of halogens is 1. The van der Waals surface area contributed by atoms with E-state index in [1.165, 1.54) is 11.1 Å². The molecule has 0 spiro atoms. The molecule has 1 aromatic carbocycles. The van der Waals surface area contributed by atoms with Crippen LogP contribution >= 0.6 is 35.3 Å². The first-order chi connectivity index (χ1) is 13.7. The van der Waals surface area contributed by atoms with Gasteiger partial charge < -0.3 is 20.1 Å². The van der Waals surface area contributed by atoms with E-state index in [2.05, 4.69) is 50.3 Å². The van der Waals surface area contributed by atoms with Crippen LogP contribution in [0, 0.1) is 6.92 Å². The molecule has 8 heteroatoms. The van der Waals surface area contributed by atoms with Gasteiger partial charge in [0, 0.05) is 45.2 Å². The van der Waals surface area contributed by atoms with Crippen molar-refractivity contribution in [2.45, 2.75) is 45.4 Å². The quantitative estimate of drug-likeness (QED) is 0.310. The van der Waals surface area contributed by atoms with Crippen molar-refractivity contribution in [1.82, 2.24) is 15.6 Å². The van der Waals surface area contributed by atoms with E-state index in [9.17, 15) is 0 Å². The first kappa shape index (κ1) is 24.0. The first-order valence-electron chi connectivity index (χ1n) is 9.85. The maximum Gasteiger partial charge on any atom is 0.191 e. The van der Waals surface area contributed by atoms with Gasteiger partial charge in [0.1, 0.15) is 0 Å². The van der Waals surface area contributed by atoms with E-state index in [0.717, 1.165) is 62.2 Å². The third-order valence-corrected chi connectivity index (χ3v) is 5.49. The smallest absolute Gasteiger partial charge is 0.191 e. The summed E-state index contributed by atoms with van der Waals surface area (Å²) in [6.07, 6.45) is 3.19. The monoisotopic (exact) mass is 530 g/mol. The number of aromatic nitrogens is 1. The van der Waals surface area contributed by atoms with Gasteiger partial charge in [0.25, 0.3) is 0 Å². The molecule has 0 aliphatic carbocycles. The molecule has 2 heterocycles. The molecule has 0 saturated carbocycles. The molecule has 1 aliphatic rings. The molecule has 3 rings (SSSR count). The van der Waals surface area contributed by atoms with E-state index >= 15 is 0 Å². The summed E-state index contributed by atoms with van der Waals surface area (Å²) in [7, 11) is 1.79. The Labute approximate surface area is 194 Å². The number of rotatable bonds is 8. The van der Waals surface area contributed by atoms with Crippen molar-refractivity contribution >= 4 is 41.3 Å². The molecule has 1 fully saturated rings. The summed E-state index contributed by atoms with van der Waals surface area (Å²) in [6, 6.07) is 8.51. The van der Waals surface area contributed by atoms with Crippen LogP contribution in [-0.4, -0.2) is 43.9 Å². The van der Waals surface area contributed by atoms with Crippen LogP contribution in [0.3, 0.4) is 0 Å². The van der Waals surface area contributed by atoms with E-state index in [4.69, 9.17) is 9.47 Å². The molecule has 0 amide bonds. The van der Waals surface area contributed by atoms with Crippen molar-refractivity contribution in [1.29, 1.82) is 0 Å². The maximum atomic E-state index is 6.03. The van der Waals surface area contributed by atoms with Crippen LogP contribution in [0.5, 0.6) is 0 Å². The normalized spacial score (nSPS) is 15.0. The summed E-state index contributed by atoms with van der Waals surface area (Å²) in [5.41, 5.74) is 3.54. The maximum absolute atomic E-state index is 6.03. The lowest BCUT2D eigenvalue weighted by Gasteiger charge is -2.22. The molecule has 6 nitrogen and oxygen atoms in total. The van der Waals surface area contributed by atoms with Crippen molar-refractivity contribution < 1.29 is 9.47 Å². The molecule has 1 aliphatic heterocycles. The number of thiazole rings is 1. The minimum absolute atomic E-state index is 0. The van der Waals surface area contributed by atoms with E-state index in [-0.39, 0.29) is 24.0 Å². The van der Waals surface area contributed by atoms with Gasteiger partial charge in [0.05, 0.1) is 23.4 Å². The highest BCUT2D eigenvalue weighted by molar-refractivity contribution is 14.0. The van der Waals surface area contributed by atoms with Crippen molar-refractivity contribution in [3.63, 3.8) is 0 Å². The lowest BCUT2D eigenvalue weighted by atomic mass is 10.1. The van der Waals surface area contributed by atoms with Gasteiger partial charge in [-0.05, 0) is 30.9 Å². The molecular formula is C21H31IN4O2S. The van der Waals surface area contributed by atoms with Gasteiger partial charge in [-0.15, -0.1) is 35.3 Å². The minimum Gasteiger partial charge on any atom is -0.381 e. The van der Waals surface area contributed by atoms with Crippen LogP contribution in [0.15, 0.2) is 34.6 Å². The zero-order chi connectivity index (χ0) is 19.6. The van der Waals surface area contributed by atoms with Crippen LogP contribution in [-0.2, 0) is 29.0 Å². The fourth-order valence-corrected chi connectivity index (χ4v) is 3.77. The second kappa shape index (κ2) is 13.1. The van der Waals surface area contributed by atoms with Crippen molar-refractivity contribution in [2.75, 3.05) is 26.8 Å².